The highest BCUT2D eigenvalue weighted by molar-refractivity contribution is 5.85. The Morgan fingerprint density at radius 2 is 1.52 bits per heavy atom. The van der Waals surface area contributed by atoms with Gasteiger partial charge in [0.25, 0.3) is 0 Å². The zero-order valence-corrected chi connectivity index (χ0v) is 19.7. The molecule has 0 radical (unpaired) electrons. The fourth-order valence-electron chi connectivity index (χ4n) is 2.66. The maximum atomic E-state index is 12.7. The van der Waals surface area contributed by atoms with E-state index in [9.17, 15) is 14.4 Å². The van der Waals surface area contributed by atoms with Crippen molar-refractivity contribution in [1.29, 1.82) is 0 Å². The summed E-state index contributed by atoms with van der Waals surface area (Å²) >= 11 is 0. The smallest absolute Gasteiger partial charge is 0.408 e. The van der Waals surface area contributed by atoms with E-state index in [1.165, 1.54) is 0 Å². The normalized spacial score (nSPS) is 13.3. The third-order valence-corrected chi connectivity index (χ3v) is 4.44. The summed E-state index contributed by atoms with van der Waals surface area (Å²) in [6.45, 7) is 13.2. The van der Waals surface area contributed by atoms with Crippen LogP contribution in [0.4, 0.5) is 9.59 Å². The molecule has 1 rings (SSSR count). The maximum Gasteiger partial charge on any atom is 0.408 e. The molecule has 2 unspecified atom stereocenters. The number of ether oxygens (including phenoxy) is 2. The highest BCUT2D eigenvalue weighted by Gasteiger charge is 2.27. The van der Waals surface area contributed by atoms with E-state index >= 15 is 0 Å². The van der Waals surface area contributed by atoms with Crippen molar-refractivity contribution in [3.8, 4) is 0 Å². The summed E-state index contributed by atoms with van der Waals surface area (Å²) in [5.74, 6) is -0.432. The molecular weight excluding hydrogens is 398 g/mol. The van der Waals surface area contributed by atoms with Crippen molar-refractivity contribution >= 4 is 18.1 Å². The Morgan fingerprint density at radius 3 is 2.03 bits per heavy atom. The van der Waals surface area contributed by atoms with Crippen LogP contribution in [0, 0.1) is 11.8 Å². The number of hydrogen-bond acceptors (Lipinski definition) is 5. The Labute approximate surface area is 185 Å². The third kappa shape index (κ3) is 10.7. The van der Waals surface area contributed by atoms with E-state index in [2.05, 4.69) is 16.0 Å². The Morgan fingerprint density at radius 1 is 0.903 bits per heavy atom. The summed E-state index contributed by atoms with van der Waals surface area (Å²) < 4.78 is 10.5. The first-order valence-corrected chi connectivity index (χ1v) is 10.6. The van der Waals surface area contributed by atoms with Crippen molar-refractivity contribution < 1.29 is 23.9 Å². The van der Waals surface area contributed by atoms with Crippen LogP contribution in [0.1, 0.15) is 54.0 Å². The average Bonchev–Trinajstić information content (AvgIpc) is 2.66. The van der Waals surface area contributed by atoms with Crippen LogP contribution in [-0.4, -0.2) is 42.3 Å². The number of nitrogens with one attached hydrogen (secondary N) is 3. The van der Waals surface area contributed by atoms with Crippen molar-refractivity contribution in [2.45, 2.75) is 72.8 Å². The van der Waals surface area contributed by atoms with Gasteiger partial charge in [-0.25, -0.2) is 9.59 Å². The Balaban J connectivity index is 2.60. The van der Waals surface area contributed by atoms with Crippen LogP contribution in [0.3, 0.4) is 0 Å². The van der Waals surface area contributed by atoms with E-state index in [-0.39, 0.29) is 36.9 Å². The van der Waals surface area contributed by atoms with E-state index in [1.54, 1.807) is 20.8 Å². The first kappa shape index (κ1) is 26.3. The van der Waals surface area contributed by atoms with Crippen molar-refractivity contribution in [2.75, 3.05) is 6.54 Å². The van der Waals surface area contributed by atoms with Crippen molar-refractivity contribution in [2.24, 2.45) is 11.8 Å². The fourth-order valence-corrected chi connectivity index (χ4v) is 2.66. The van der Waals surface area contributed by atoms with Gasteiger partial charge >= 0.3 is 12.2 Å². The molecule has 3 N–H and O–H groups in total. The Bertz CT molecular complexity index is 714. The molecular formula is C23H37N3O5. The van der Waals surface area contributed by atoms with Gasteiger partial charge in [-0.3, -0.25) is 4.79 Å². The molecule has 0 heterocycles. The quantitative estimate of drug-likeness (QED) is 0.550. The van der Waals surface area contributed by atoms with E-state index in [1.807, 2.05) is 58.0 Å². The zero-order valence-electron chi connectivity index (χ0n) is 19.7. The number of alkyl carbamates (subject to hydrolysis) is 2. The molecule has 3 amide bonds. The van der Waals surface area contributed by atoms with E-state index in [0.29, 0.717) is 0 Å². The number of benzene rings is 1. The lowest BCUT2D eigenvalue weighted by atomic mass is 10.0. The van der Waals surface area contributed by atoms with E-state index < -0.39 is 23.8 Å². The molecule has 8 heteroatoms. The highest BCUT2D eigenvalue weighted by atomic mass is 16.6. The molecule has 0 aliphatic rings. The van der Waals surface area contributed by atoms with Gasteiger partial charge in [0.2, 0.25) is 5.91 Å². The topological polar surface area (TPSA) is 106 Å². The number of carbonyl (C=O) groups excluding carboxylic acids is 3. The second-order valence-corrected chi connectivity index (χ2v) is 9.17. The van der Waals surface area contributed by atoms with E-state index in [0.717, 1.165) is 5.56 Å². The maximum absolute atomic E-state index is 12.7. The SMILES string of the molecule is CC(C)C(CNC(=O)C(NC(=O)OCc1ccccc1)C(C)C)NC(=O)OC(C)(C)C. The summed E-state index contributed by atoms with van der Waals surface area (Å²) in [6.07, 6.45) is -1.20. The molecule has 0 aliphatic carbocycles. The van der Waals surface area contributed by atoms with Gasteiger partial charge in [-0.1, -0.05) is 58.0 Å². The summed E-state index contributed by atoms with van der Waals surface area (Å²) in [5.41, 5.74) is 0.248. The van der Waals surface area contributed by atoms with E-state index in [4.69, 9.17) is 9.47 Å². The number of rotatable bonds is 9. The van der Waals surface area contributed by atoms with Gasteiger partial charge in [0.05, 0.1) is 6.04 Å². The third-order valence-electron chi connectivity index (χ3n) is 4.44. The lowest BCUT2D eigenvalue weighted by molar-refractivity contribution is -0.124. The minimum Gasteiger partial charge on any atom is -0.445 e. The second-order valence-electron chi connectivity index (χ2n) is 9.17. The summed E-state index contributed by atoms with van der Waals surface area (Å²) in [4.78, 5) is 37.0. The summed E-state index contributed by atoms with van der Waals surface area (Å²) in [6, 6.07) is 8.21. The Kier molecular flexibility index (Phi) is 10.3. The standard InChI is InChI=1S/C23H37N3O5/c1-15(2)18(25-22(29)31-23(5,6)7)13-24-20(27)19(16(3)4)26-21(28)30-14-17-11-9-8-10-12-17/h8-12,15-16,18-19H,13-14H2,1-7H3,(H,24,27)(H,25,29)(H,26,28). The molecule has 31 heavy (non-hydrogen) atoms. The molecule has 0 aromatic heterocycles. The summed E-state index contributed by atoms with van der Waals surface area (Å²) in [5, 5.41) is 8.23. The molecule has 0 spiro atoms. The molecule has 8 nitrogen and oxygen atoms in total. The molecule has 2 atom stereocenters. The van der Waals surface area contributed by atoms with Crippen molar-refractivity contribution in [3.63, 3.8) is 0 Å². The zero-order chi connectivity index (χ0) is 23.6. The van der Waals surface area contributed by atoms with Gasteiger partial charge in [0, 0.05) is 6.54 Å². The predicted octanol–water partition coefficient (Wildman–Crippen LogP) is 3.60. The fraction of sp³-hybridized carbons (Fsp3) is 0.609. The minimum absolute atomic E-state index is 0.0640. The first-order valence-electron chi connectivity index (χ1n) is 10.6. The molecule has 1 aromatic carbocycles. The van der Waals surface area contributed by atoms with Gasteiger partial charge < -0.3 is 25.4 Å². The minimum atomic E-state index is -0.766. The van der Waals surface area contributed by atoms with Crippen molar-refractivity contribution in [3.05, 3.63) is 35.9 Å². The number of carbonyl (C=O) groups is 3. The van der Waals surface area contributed by atoms with Crippen molar-refractivity contribution in [1.82, 2.24) is 16.0 Å². The van der Waals surface area contributed by atoms with Crippen LogP contribution in [0.15, 0.2) is 30.3 Å². The van der Waals surface area contributed by atoms with Gasteiger partial charge in [-0.15, -0.1) is 0 Å². The predicted molar refractivity (Wildman–Crippen MR) is 119 cm³/mol. The lowest BCUT2D eigenvalue weighted by Gasteiger charge is -2.27. The highest BCUT2D eigenvalue weighted by Crippen LogP contribution is 2.09. The van der Waals surface area contributed by atoms with Crippen LogP contribution in [-0.2, 0) is 20.9 Å². The molecule has 0 bridgehead atoms. The Hall–Kier alpha value is -2.77. The second kappa shape index (κ2) is 12.2. The number of amides is 3. The molecule has 1 aromatic rings. The van der Waals surface area contributed by atoms with Gasteiger partial charge in [-0.2, -0.15) is 0 Å². The van der Waals surface area contributed by atoms with Crippen LogP contribution in [0.2, 0.25) is 0 Å². The van der Waals surface area contributed by atoms with Gasteiger partial charge in [0.15, 0.2) is 0 Å². The first-order chi connectivity index (χ1) is 14.4. The van der Waals surface area contributed by atoms with Crippen LogP contribution in [0.25, 0.3) is 0 Å². The van der Waals surface area contributed by atoms with Crippen LogP contribution >= 0.6 is 0 Å². The average molecular weight is 436 g/mol. The molecule has 0 saturated heterocycles. The number of hydrogen-bond donors (Lipinski definition) is 3. The molecule has 0 fully saturated rings. The largest absolute Gasteiger partial charge is 0.445 e. The molecule has 0 aliphatic heterocycles. The van der Waals surface area contributed by atoms with Crippen LogP contribution in [0.5, 0.6) is 0 Å². The van der Waals surface area contributed by atoms with Crippen LogP contribution < -0.4 is 16.0 Å². The molecule has 174 valence electrons. The molecule has 0 saturated carbocycles. The summed E-state index contributed by atoms with van der Waals surface area (Å²) in [7, 11) is 0. The van der Waals surface area contributed by atoms with Gasteiger partial charge in [0.1, 0.15) is 18.2 Å². The van der Waals surface area contributed by atoms with Gasteiger partial charge in [-0.05, 0) is 38.2 Å². The monoisotopic (exact) mass is 435 g/mol. The lowest BCUT2D eigenvalue weighted by Crippen LogP contribution is -2.54.